The van der Waals surface area contributed by atoms with E-state index in [0.717, 1.165) is 5.69 Å². The Morgan fingerprint density at radius 2 is 1.71 bits per heavy atom. The number of hydrogen-bond acceptors (Lipinski definition) is 3. The van der Waals surface area contributed by atoms with Crippen molar-refractivity contribution in [1.29, 1.82) is 0 Å². The largest absolute Gasteiger partial charge is 0.399 e. The van der Waals surface area contributed by atoms with Gasteiger partial charge in [0.15, 0.2) is 0 Å². The molecule has 0 heterocycles. The fourth-order valence-electron chi connectivity index (χ4n) is 1.95. The normalized spacial score (nSPS) is 10.3. The molecule has 110 valence electrons. The Morgan fingerprint density at radius 1 is 1.10 bits per heavy atom. The van der Waals surface area contributed by atoms with Crippen molar-refractivity contribution in [3.05, 3.63) is 52.0 Å². The van der Waals surface area contributed by atoms with Crippen LogP contribution in [0.15, 0.2) is 36.4 Å². The smallest absolute Gasteiger partial charge is 0.257 e. The van der Waals surface area contributed by atoms with E-state index in [1.165, 1.54) is 0 Å². The zero-order valence-electron chi connectivity index (χ0n) is 11.7. The molecule has 0 aliphatic carbocycles. The van der Waals surface area contributed by atoms with E-state index >= 15 is 0 Å². The first kappa shape index (κ1) is 15.5. The summed E-state index contributed by atoms with van der Waals surface area (Å²) in [6.07, 6.45) is 0. The highest BCUT2D eigenvalue weighted by Gasteiger charge is 2.14. The summed E-state index contributed by atoms with van der Waals surface area (Å²) in [5.74, 6) is -0.274. The van der Waals surface area contributed by atoms with Gasteiger partial charge >= 0.3 is 0 Å². The molecule has 0 fully saturated rings. The van der Waals surface area contributed by atoms with E-state index in [2.05, 4.69) is 5.32 Å². The number of hydrogen-bond donors (Lipinski definition) is 2. The van der Waals surface area contributed by atoms with Crippen molar-refractivity contribution in [2.24, 2.45) is 0 Å². The number of halogens is 2. The summed E-state index contributed by atoms with van der Waals surface area (Å²) in [6.45, 7) is 0. The van der Waals surface area contributed by atoms with E-state index in [9.17, 15) is 4.79 Å². The van der Waals surface area contributed by atoms with Gasteiger partial charge in [-0.3, -0.25) is 4.79 Å². The van der Waals surface area contributed by atoms with Crippen molar-refractivity contribution in [3.8, 4) is 0 Å². The Kier molecular flexibility index (Phi) is 4.60. The third-order valence-corrected chi connectivity index (χ3v) is 3.30. The van der Waals surface area contributed by atoms with Crippen LogP contribution in [0.2, 0.25) is 10.0 Å². The first-order chi connectivity index (χ1) is 9.86. The van der Waals surface area contributed by atoms with Gasteiger partial charge in [-0.15, -0.1) is 0 Å². The second kappa shape index (κ2) is 6.24. The molecule has 21 heavy (non-hydrogen) atoms. The Labute approximate surface area is 133 Å². The van der Waals surface area contributed by atoms with E-state index in [1.54, 1.807) is 36.4 Å². The van der Waals surface area contributed by atoms with Gasteiger partial charge in [-0.25, -0.2) is 0 Å². The van der Waals surface area contributed by atoms with E-state index in [0.29, 0.717) is 27.0 Å². The predicted octanol–water partition coefficient (Wildman–Crippen LogP) is 3.89. The van der Waals surface area contributed by atoms with Crippen molar-refractivity contribution in [2.45, 2.75) is 0 Å². The molecule has 0 atom stereocenters. The zero-order valence-corrected chi connectivity index (χ0v) is 13.2. The van der Waals surface area contributed by atoms with Gasteiger partial charge < -0.3 is 16.0 Å². The summed E-state index contributed by atoms with van der Waals surface area (Å²) in [5.41, 5.74) is 8.08. The van der Waals surface area contributed by atoms with E-state index in [-0.39, 0.29) is 5.91 Å². The van der Waals surface area contributed by atoms with Gasteiger partial charge in [-0.1, -0.05) is 23.2 Å². The fraction of sp³-hybridized carbons (Fsp3) is 0.133. The van der Waals surface area contributed by atoms with Crippen LogP contribution in [0.3, 0.4) is 0 Å². The number of nitrogens with one attached hydrogen (secondary N) is 1. The number of nitrogens with zero attached hydrogens (tertiary/aromatic N) is 1. The molecular formula is C15H15Cl2N3O. The van der Waals surface area contributed by atoms with Crippen LogP contribution in [0.1, 0.15) is 10.4 Å². The lowest BCUT2D eigenvalue weighted by Gasteiger charge is -2.17. The van der Waals surface area contributed by atoms with Crippen molar-refractivity contribution in [1.82, 2.24) is 0 Å². The van der Waals surface area contributed by atoms with Crippen LogP contribution in [0.4, 0.5) is 17.1 Å². The average Bonchev–Trinajstić information content (AvgIpc) is 2.36. The van der Waals surface area contributed by atoms with Crippen molar-refractivity contribution >= 4 is 46.2 Å². The molecule has 0 saturated carbocycles. The number of nitrogens with two attached hydrogens (primary N) is 1. The maximum absolute atomic E-state index is 12.4. The quantitative estimate of drug-likeness (QED) is 0.842. The molecule has 0 saturated heterocycles. The summed E-state index contributed by atoms with van der Waals surface area (Å²) in [6, 6.07) is 10.1. The summed E-state index contributed by atoms with van der Waals surface area (Å²) < 4.78 is 0. The van der Waals surface area contributed by atoms with Crippen molar-refractivity contribution in [3.63, 3.8) is 0 Å². The van der Waals surface area contributed by atoms with Gasteiger partial charge in [0.2, 0.25) is 0 Å². The lowest BCUT2D eigenvalue weighted by atomic mass is 10.1. The van der Waals surface area contributed by atoms with Gasteiger partial charge in [-0.2, -0.15) is 0 Å². The topological polar surface area (TPSA) is 58.4 Å². The first-order valence-electron chi connectivity index (χ1n) is 6.21. The molecule has 0 aliphatic rings. The molecule has 2 aromatic carbocycles. The van der Waals surface area contributed by atoms with Crippen molar-refractivity contribution < 1.29 is 4.79 Å². The van der Waals surface area contributed by atoms with Crippen LogP contribution >= 0.6 is 23.2 Å². The average molecular weight is 324 g/mol. The molecule has 6 heteroatoms. The maximum Gasteiger partial charge on any atom is 0.257 e. The third-order valence-electron chi connectivity index (χ3n) is 2.87. The Balaban J connectivity index is 2.34. The fourth-order valence-corrected chi connectivity index (χ4v) is 2.48. The molecule has 0 unspecified atom stereocenters. The second-order valence-corrected chi connectivity index (χ2v) is 5.66. The predicted molar refractivity (Wildman–Crippen MR) is 89.6 cm³/mol. The molecule has 4 nitrogen and oxygen atoms in total. The highest BCUT2D eigenvalue weighted by atomic mass is 35.5. The minimum absolute atomic E-state index is 0.274. The monoisotopic (exact) mass is 323 g/mol. The van der Waals surface area contributed by atoms with Crippen molar-refractivity contribution in [2.75, 3.05) is 30.0 Å². The number of anilines is 3. The molecule has 0 bridgehead atoms. The Hall–Kier alpha value is -1.91. The number of rotatable bonds is 3. The van der Waals surface area contributed by atoms with Crippen LogP contribution < -0.4 is 16.0 Å². The van der Waals surface area contributed by atoms with Crippen LogP contribution in [-0.2, 0) is 0 Å². The first-order valence-corrected chi connectivity index (χ1v) is 6.96. The van der Waals surface area contributed by atoms with Gasteiger partial charge in [-0.05, 0) is 36.4 Å². The van der Waals surface area contributed by atoms with E-state index in [1.807, 2.05) is 19.0 Å². The Morgan fingerprint density at radius 3 is 2.29 bits per heavy atom. The van der Waals surface area contributed by atoms with Crippen LogP contribution in [0.25, 0.3) is 0 Å². The highest BCUT2D eigenvalue weighted by Crippen LogP contribution is 2.25. The van der Waals surface area contributed by atoms with E-state index < -0.39 is 0 Å². The molecule has 3 N–H and O–H groups in total. The van der Waals surface area contributed by atoms with Crippen LogP contribution in [0, 0.1) is 0 Å². The zero-order chi connectivity index (χ0) is 15.6. The molecule has 1 amide bonds. The standard InChI is InChI=1S/C15H15Cl2N3O/c1-20(2)14-4-3-11(18)8-13(14)15(21)19-12-6-9(16)5-10(17)7-12/h3-8H,18H2,1-2H3,(H,19,21). The SMILES string of the molecule is CN(C)c1ccc(N)cc1C(=O)Nc1cc(Cl)cc(Cl)c1. The molecule has 2 rings (SSSR count). The van der Waals surface area contributed by atoms with E-state index in [4.69, 9.17) is 28.9 Å². The van der Waals surface area contributed by atoms with Gasteiger partial charge in [0.25, 0.3) is 5.91 Å². The molecule has 2 aromatic rings. The second-order valence-electron chi connectivity index (χ2n) is 4.78. The third kappa shape index (κ3) is 3.80. The lowest BCUT2D eigenvalue weighted by Crippen LogP contribution is -2.18. The number of carbonyl (C=O) groups is 1. The number of nitrogen functional groups attached to an aromatic ring is 1. The number of carbonyl (C=O) groups excluding carboxylic acids is 1. The van der Waals surface area contributed by atoms with Gasteiger partial charge in [0.1, 0.15) is 0 Å². The van der Waals surface area contributed by atoms with Gasteiger partial charge in [0.05, 0.1) is 5.56 Å². The summed E-state index contributed by atoms with van der Waals surface area (Å²) in [5, 5.41) is 3.69. The minimum Gasteiger partial charge on any atom is -0.399 e. The molecular weight excluding hydrogens is 309 g/mol. The Bertz CT molecular complexity index is 666. The minimum atomic E-state index is -0.274. The number of benzene rings is 2. The number of amides is 1. The summed E-state index contributed by atoms with van der Waals surface area (Å²) >= 11 is 11.8. The highest BCUT2D eigenvalue weighted by molar-refractivity contribution is 6.35. The molecule has 0 radical (unpaired) electrons. The summed E-state index contributed by atoms with van der Waals surface area (Å²) in [4.78, 5) is 14.3. The molecule has 0 aliphatic heterocycles. The maximum atomic E-state index is 12.4. The molecule has 0 spiro atoms. The lowest BCUT2D eigenvalue weighted by molar-refractivity contribution is 0.102. The molecule has 0 aromatic heterocycles. The van der Waals surface area contributed by atoms with Crippen LogP contribution in [-0.4, -0.2) is 20.0 Å². The summed E-state index contributed by atoms with van der Waals surface area (Å²) in [7, 11) is 3.72. The van der Waals surface area contributed by atoms with Gasteiger partial charge in [0, 0.05) is 41.2 Å². The van der Waals surface area contributed by atoms with Crippen LogP contribution in [0.5, 0.6) is 0 Å².